The number of hydrogen-bond donors (Lipinski definition) is 0. The quantitative estimate of drug-likeness (QED) is 0.539. The summed E-state index contributed by atoms with van der Waals surface area (Å²) in [5, 5.41) is 0. The Morgan fingerprint density at radius 3 is 2.30 bits per heavy atom. The fourth-order valence-electron chi connectivity index (χ4n) is 1.68. The average molecular weight is 163 g/mol. The largest absolute Gasteiger partial charge is 0.362 e. The summed E-state index contributed by atoms with van der Waals surface area (Å²) in [6, 6.07) is 0. The van der Waals surface area contributed by atoms with Crippen molar-refractivity contribution in [3.8, 4) is 0 Å². The maximum atomic E-state index is 5.95. The van der Waals surface area contributed by atoms with Gasteiger partial charge in [0.2, 0.25) is 0 Å². The third-order valence-corrected chi connectivity index (χ3v) is 2.66. The molecule has 0 aromatic heterocycles. The van der Waals surface area contributed by atoms with Gasteiger partial charge in [-0.3, -0.25) is 0 Å². The summed E-state index contributed by atoms with van der Waals surface area (Å²) in [5.74, 6) is 1.81. The molecule has 1 fully saturated rings. The maximum absolute atomic E-state index is 5.95. The van der Waals surface area contributed by atoms with E-state index in [1.165, 1.54) is 0 Å². The van der Waals surface area contributed by atoms with Gasteiger partial charge in [-0.2, -0.15) is 0 Å². The first-order valence-corrected chi connectivity index (χ1v) is 4.32. The van der Waals surface area contributed by atoms with Gasteiger partial charge in [-0.15, -0.1) is 0 Å². The van der Waals surface area contributed by atoms with E-state index in [1.807, 2.05) is 0 Å². The van der Waals surface area contributed by atoms with Crippen molar-refractivity contribution in [3.05, 3.63) is 0 Å². The van der Waals surface area contributed by atoms with E-state index in [4.69, 9.17) is 16.3 Å². The monoisotopic (exact) mass is 162 g/mol. The second kappa shape index (κ2) is 3.10. The van der Waals surface area contributed by atoms with Gasteiger partial charge in [0.25, 0.3) is 0 Å². The van der Waals surface area contributed by atoms with E-state index >= 15 is 0 Å². The van der Waals surface area contributed by atoms with Gasteiger partial charge in [0.15, 0.2) is 0 Å². The van der Waals surface area contributed by atoms with E-state index in [0.29, 0.717) is 17.8 Å². The maximum Gasteiger partial charge on any atom is 0.134 e. The lowest BCUT2D eigenvalue weighted by Crippen LogP contribution is -2.20. The summed E-state index contributed by atoms with van der Waals surface area (Å²) in [6.45, 7) is 7.43. The Hall–Kier alpha value is 0.250. The van der Waals surface area contributed by atoms with Gasteiger partial charge in [0.1, 0.15) is 5.56 Å². The van der Waals surface area contributed by atoms with E-state index in [-0.39, 0.29) is 5.56 Å². The Labute approximate surface area is 67.7 Å². The Morgan fingerprint density at radius 2 is 2.10 bits per heavy atom. The first-order chi connectivity index (χ1) is 4.63. The highest BCUT2D eigenvalue weighted by molar-refractivity contribution is 6.20. The first-order valence-electron chi connectivity index (χ1n) is 3.88. The topological polar surface area (TPSA) is 9.23 Å². The molecule has 1 saturated heterocycles. The van der Waals surface area contributed by atoms with Gasteiger partial charge < -0.3 is 4.74 Å². The molecule has 0 radical (unpaired) electrons. The summed E-state index contributed by atoms with van der Waals surface area (Å²) in [4.78, 5) is 0. The van der Waals surface area contributed by atoms with Crippen molar-refractivity contribution < 1.29 is 4.74 Å². The Bertz CT molecular complexity index is 104. The summed E-state index contributed by atoms with van der Waals surface area (Å²) < 4.78 is 5.30. The molecule has 2 heteroatoms. The highest BCUT2D eigenvalue weighted by atomic mass is 35.5. The molecule has 0 aromatic rings. The second-order valence-corrected chi connectivity index (χ2v) is 3.91. The minimum absolute atomic E-state index is 0.0463. The smallest absolute Gasteiger partial charge is 0.134 e. The summed E-state index contributed by atoms with van der Waals surface area (Å²) in [7, 11) is 0. The van der Waals surface area contributed by atoms with Crippen LogP contribution in [0, 0.1) is 17.8 Å². The predicted octanol–water partition coefficient (Wildman–Crippen LogP) is 2.49. The second-order valence-electron chi connectivity index (χ2n) is 3.48. The Morgan fingerprint density at radius 1 is 1.50 bits per heavy atom. The number of rotatable bonds is 1. The van der Waals surface area contributed by atoms with Crippen LogP contribution in [0.3, 0.4) is 0 Å². The van der Waals surface area contributed by atoms with Crippen LogP contribution < -0.4 is 0 Å². The molecule has 1 heterocycles. The number of halogens is 1. The van der Waals surface area contributed by atoms with E-state index < -0.39 is 0 Å². The highest BCUT2D eigenvalue weighted by Gasteiger charge is 2.34. The summed E-state index contributed by atoms with van der Waals surface area (Å²) >= 11 is 5.95. The fourth-order valence-corrected chi connectivity index (χ4v) is 2.30. The molecule has 0 spiro atoms. The minimum atomic E-state index is -0.0463. The van der Waals surface area contributed by atoms with E-state index in [9.17, 15) is 0 Å². The molecule has 0 amide bonds. The molecule has 1 nitrogen and oxygen atoms in total. The molecule has 0 saturated carbocycles. The summed E-state index contributed by atoms with van der Waals surface area (Å²) in [6.07, 6.45) is 0. The van der Waals surface area contributed by atoms with Gasteiger partial charge in [-0.05, 0) is 11.8 Å². The van der Waals surface area contributed by atoms with Crippen LogP contribution in [0.25, 0.3) is 0 Å². The van der Waals surface area contributed by atoms with Gasteiger partial charge in [0.05, 0.1) is 6.61 Å². The average Bonchev–Trinajstić information content (AvgIpc) is 2.11. The molecule has 1 aliphatic rings. The fraction of sp³-hybridized carbons (Fsp3) is 1.00. The molecular formula is C8H15ClO. The van der Waals surface area contributed by atoms with Crippen molar-refractivity contribution in [3.63, 3.8) is 0 Å². The van der Waals surface area contributed by atoms with E-state index in [2.05, 4.69) is 20.8 Å². The predicted molar refractivity (Wildman–Crippen MR) is 43.1 cm³/mol. The van der Waals surface area contributed by atoms with Crippen LogP contribution in [-0.4, -0.2) is 12.2 Å². The van der Waals surface area contributed by atoms with Crippen LogP contribution in [0.2, 0.25) is 0 Å². The molecule has 1 aliphatic heterocycles. The third kappa shape index (κ3) is 1.46. The SMILES string of the molecule is CC(C)C1C(C)COC1Cl. The van der Waals surface area contributed by atoms with Crippen LogP contribution in [0.5, 0.6) is 0 Å². The van der Waals surface area contributed by atoms with E-state index in [1.54, 1.807) is 0 Å². The van der Waals surface area contributed by atoms with Gasteiger partial charge in [0, 0.05) is 5.92 Å². The summed E-state index contributed by atoms with van der Waals surface area (Å²) in [5.41, 5.74) is -0.0463. The molecule has 1 rings (SSSR count). The zero-order valence-electron chi connectivity index (χ0n) is 6.80. The molecule has 10 heavy (non-hydrogen) atoms. The van der Waals surface area contributed by atoms with Crippen LogP contribution in [0.1, 0.15) is 20.8 Å². The van der Waals surface area contributed by atoms with E-state index in [0.717, 1.165) is 6.61 Å². The normalized spacial score (nSPS) is 41.1. The lowest BCUT2D eigenvalue weighted by atomic mass is 9.87. The Balaban J connectivity index is 2.54. The van der Waals surface area contributed by atoms with Gasteiger partial charge in [-0.1, -0.05) is 32.4 Å². The number of alkyl halides is 1. The van der Waals surface area contributed by atoms with Crippen LogP contribution in [-0.2, 0) is 4.74 Å². The van der Waals surface area contributed by atoms with Crippen molar-refractivity contribution in [1.82, 2.24) is 0 Å². The van der Waals surface area contributed by atoms with Gasteiger partial charge in [-0.25, -0.2) is 0 Å². The molecule has 0 aromatic carbocycles. The van der Waals surface area contributed by atoms with Crippen molar-refractivity contribution >= 4 is 11.6 Å². The van der Waals surface area contributed by atoms with Crippen molar-refractivity contribution in [1.29, 1.82) is 0 Å². The molecule has 3 unspecified atom stereocenters. The first kappa shape index (κ1) is 8.35. The minimum Gasteiger partial charge on any atom is -0.362 e. The zero-order valence-corrected chi connectivity index (χ0v) is 7.56. The zero-order chi connectivity index (χ0) is 7.72. The molecule has 0 bridgehead atoms. The molecular weight excluding hydrogens is 148 g/mol. The highest BCUT2D eigenvalue weighted by Crippen LogP contribution is 2.34. The molecule has 0 N–H and O–H groups in total. The lowest BCUT2D eigenvalue weighted by Gasteiger charge is -2.19. The number of ether oxygens (including phenoxy) is 1. The molecule has 0 aliphatic carbocycles. The third-order valence-electron chi connectivity index (χ3n) is 2.25. The van der Waals surface area contributed by atoms with Crippen LogP contribution >= 0.6 is 11.6 Å². The van der Waals surface area contributed by atoms with Crippen LogP contribution in [0.4, 0.5) is 0 Å². The van der Waals surface area contributed by atoms with Crippen molar-refractivity contribution in [2.45, 2.75) is 26.3 Å². The lowest BCUT2D eigenvalue weighted by molar-refractivity contribution is 0.142. The van der Waals surface area contributed by atoms with Gasteiger partial charge >= 0.3 is 0 Å². The molecule has 3 atom stereocenters. The standard InChI is InChI=1S/C8H15ClO/c1-5(2)7-6(3)4-10-8(7)9/h5-8H,4H2,1-3H3. The van der Waals surface area contributed by atoms with Crippen molar-refractivity contribution in [2.24, 2.45) is 17.8 Å². The molecule has 60 valence electrons. The Kier molecular flexibility index (Phi) is 2.59. The van der Waals surface area contributed by atoms with Crippen LogP contribution in [0.15, 0.2) is 0 Å². The van der Waals surface area contributed by atoms with Crippen molar-refractivity contribution in [2.75, 3.05) is 6.61 Å². The number of hydrogen-bond acceptors (Lipinski definition) is 1.